The van der Waals surface area contributed by atoms with Crippen LogP contribution >= 0.6 is 0 Å². The van der Waals surface area contributed by atoms with Gasteiger partial charge in [0.25, 0.3) is 0 Å². The number of nitrogens with zero attached hydrogens (tertiary/aromatic N) is 2. The zero-order valence-electron chi connectivity index (χ0n) is 30.4. The predicted octanol–water partition coefficient (Wildman–Crippen LogP) is 8.62. The van der Waals surface area contributed by atoms with E-state index in [1.165, 1.54) is 27.2 Å². The molecule has 0 saturated carbocycles. The van der Waals surface area contributed by atoms with E-state index in [1.54, 1.807) is 83.8 Å². The van der Waals surface area contributed by atoms with Crippen LogP contribution in [0.25, 0.3) is 11.3 Å². The number of hydrogen-bond acceptors (Lipinski definition) is 9. The van der Waals surface area contributed by atoms with E-state index in [1.807, 2.05) is 0 Å². The third-order valence-corrected chi connectivity index (χ3v) is 8.84. The van der Waals surface area contributed by atoms with Gasteiger partial charge in [0, 0.05) is 30.6 Å². The van der Waals surface area contributed by atoms with Crippen molar-refractivity contribution in [3.63, 3.8) is 0 Å². The number of aryl methyl sites for hydroxylation is 1. The lowest BCUT2D eigenvalue weighted by molar-refractivity contribution is -0.145. The van der Waals surface area contributed by atoms with Gasteiger partial charge in [0.15, 0.2) is 5.82 Å². The summed E-state index contributed by atoms with van der Waals surface area (Å²) in [5.74, 6) is -4.08. The first-order valence-corrected chi connectivity index (χ1v) is 16.9. The Bertz CT molecular complexity index is 2100. The first kappa shape index (κ1) is 40.0. The third kappa shape index (κ3) is 9.31. The maximum Gasteiger partial charge on any atom is 0.418 e. The monoisotopic (exact) mass is 763 g/mol. The van der Waals surface area contributed by atoms with Crippen molar-refractivity contribution in [1.29, 1.82) is 0 Å². The van der Waals surface area contributed by atoms with Crippen molar-refractivity contribution in [2.75, 3.05) is 32.0 Å². The van der Waals surface area contributed by atoms with Crippen LogP contribution < -0.4 is 20.1 Å². The fourth-order valence-corrected chi connectivity index (χ4v) is 6.05. The van der Waals surface area contributed by atoms with Crippen molar-refractivity contribution < 1.29 is 50.5 Å². The lowest BCUT2D eigenvalue weighted by Crippen LogP contribution is -2.25. The number of alkyl halides is 3. The Kier molecular flexibility index (Phi) is 12.6. The summed E-state index contributed by atoms with van der Waals surface area (Å²) >= 11 is 0. The van der Waals surface area contributed by atoms with Gasteiger partial charge in [0.1, 0.15) is 35.3 Å². The zero-order valence-corrected chi connectivity index (χ0v) is 30.4. The summed E-state index contributed by atoms with van der Waals surface area (Å²) in [6, 6.07) is 23.8. The molecule has 0 aliphatic rings. The number of ether oxygens (including phenoxy) is 4. The Hall–Kier alpha value is -6.18. The molecule has 5 aromatic rings. The third-order valence-electron chi connectivity index (χ3n) is 8.84. The molecule has 0 fully saturated rings. The Morgan fingerprint density at radius 3 is 1.87 bits per heavy atom. The molecule has 288 valence electrons. The zero-order chi connectivity index (χ0) is 39.9. The van der Waals surface area contributed by atoms with Gasteiger partial charge >= 0.3 is 18.1 Å². The number of nitrogen functional groups attached to an aromatic ring is 1. The normalized spacial score (nSPS) is 11.2. The number of rotatable bonds is 14. The van der Waals surface area contributed by atoms with Crippen LogP contribution in [0.1, 0.15) is 50.2 Å². The standard InChI is InChI=1S/C41H38F5N3O6/c1-24-20-31(49(21-25-10-14-28(52-2)15-11-25)22-26-12-16-29(53-3)17-13-26)48-39(35(24)41(44,45)46)33-30(36(42)34(40(51)54-4)38(47)37(33)43)18-19-32(50)55-23-27-8-6-5-7-9-27/h5-17,20H,18-19,21-23,47H2,1-4H3. The largest absolute Gasteiger partial charge is 0.497 e. The van der Waals surface area contributed by atoms with E-state index in [-0.39, 0.29) is 31.1 Å². The van der Waals surface area contributed by atoms with Gasteiger partial charge in [0.2, 0.25) is 0 Å². The Balaban J connectivity index is 1.68. The Labute approximate surface area is 314 Å². The van der Waals surface area contributed by atoms with E-state index in [0.717, 1.165) is 18.2 Å². The van der Waals surface area contributed by atoms with Crippen molar-refractivity contribution in [3.05, 3.63) is 136 Å². The number of carbonyl (C=O) groups excluding carboxylic acids is 2. The fourth-order valence-electron chi connectivity index (χ4n) is 6.05. The van der Waals surface area contributed by atoms with Crippen LogP contribution in [0.3, 0.4) is 0 Å². The molecule has 0 bridgehead atoms. The number of esters is 2. The number of benzene rings is 4. The van der Waals surface area contributed by atoms with E-state index in [9.17, 15) is 22.8 Å². The van der Waals surface area contributed by atoms with Crippen molar-refractivity contribution in [1.82, 2.24) is 4.98 Å². The molecule has 0 aliphatic carbocycles. The van der Waals surface area contributed by atoms with Gasteiger partial charge in [-0.3, -0.25) is 4.79 Å². The Morgan fingerprint density at radius 2 is 1.36 bits per heavy atom. The Morgan fingerprint density at radius 1 is 0.800 bits per heavy atom. The molecular weight excluding hydrogens is 725 g/mol. The summed E-state index contributed by atoms with van der Waals surface area (Å²) in [5, 5.41) is 0. The molecule has 5 rings (SSSR count). The highest BCUT2D eigenvalue weighted by molar-refractivity contribution is 5.97. The van der Waals surface area contributed by atoms with Crippen LogP contribution in [0.15, 0.2) is 84.9 Å². The second kappa shape index (κ2) is 17.3. The molecule has 0 atom stereocenters. The van der Waals surface area contributed by atoms with Crippen molar-refractivity contribution in [2.45, 2.75) is 45.6 Å². The second-order valence-electron chi connectivity index (χ2n) is 12.5. The summed E-state index contributed by atoms with van der Waals surface area (Å²) in [6.07, 6.45) is -6.40. The SMILES string of the molecule is COC(=O)c1c(N)c(F)c(-c2nc(N(Cc3ccc(OC)cc3)Cc3ccc(OC)cc3)cc(C)c2C(F)(F)F)c(CCC(=O)OCc2ccccc2)c1F. The molecule has 9 nitrogen and oxygen atoms in total. The minimum Gasteiger partial charge on any atom is -0.497 e. The van der Waals surface area contributed by atoms with E-state index in [4.69, 9.17) is 19.9 Å². The molecule has 14 heteroatoms. The average Bonchev–Trinajstić information content (AvgIpc) is 3.17. The summed E-state index contributed by atoms with van der Waals surface area (Å²) < 4.78 is 98.5. The number of hydrogen-bond donors (Lipinski definition) is 1. The molecule has 1 aromatic heterocycles. The van der Waals surface area contributed by atoms with Crippen molar-refractivity contribution >= 4 is 23.4 Å². The number of pyridine rings is 1. The summed E-state index contributed by atoms with van der Waals surface area (Å²) in [4.78, 5) is 31.6. The van der Waals surface area contributed by atoms with Crippen molar-refractivity contribution in [2.24, 2.45) is 0 Å². The van der Waals surface area contributed by atoms with Crippen molar-refractivity contribution in [3.8, 4) is 22.8 Å². The lowest BCUT2D eigenvalue weighted by atomic mass is 9.91. The molecule has 0 unspecified atom stereocenters. The molecule has 0 radical (unpaired) electrons. The number of methoxy groups -OCH3 is 3. The highest BCUT2D eigenvalue weighted by Gasteiger charge is 2.40. The van der Waals surface area contributed by atoms with Crippen LogP contribution in [0.5, 0.6) is 11.5 Å². The first-order valence-electron chi connectivity index (χ1n) is 16.9. The van der Waals surface area contributed by atoms with Gasteiger partial charge in [-0.1, -0.05) is 54.6 Å². The number of carbonyl (C=O) groups is 2. The highest BCUT2D eigenvalue weighted by Crippen LogP contribution is 2.44. The predicted molar refractivity (Wildman–Crippen MR) is 196 cm³/mol. The van der Waals surface area contributed by atoms with Gasteiger partial charge in [-0.05, 0) is 65.9 Å². The smallest absolute Gasteiger partial charge is 0.418 e. The highest BCUT2D eigenvalue weighted by atomic mass is 19.4. The first-order chi connectivity index (χ1) is 26.2. The van der Waals surface area contributed by atoms with Crippen LogP contribution in [-0.2, 0) is 46.6 Å². The lowest BCUT2D eigenvalue weighted by Gasteiger charge is -2.27. The van der Waals surface area contributed by atoms with E-state index >= 15 is 8.78 Å². The van der Waals surface area contributed by atoms with Gasteiger partial charge in [-0.15, -0.1) is 0 Å². The molecule has 2 N–H and O–H groups in total. The number of aromatic nitrogens is 1. The minimum absolute atomic E-state index is 0.0178. The fraction of sp³-hybridized carbons (Fsp3) is 0.244. The maximum absolute atomic E-state index is 16.6. The second-order valence-corrected chi connectivity index (χ2v) is 12.5. The molecule has 4 aromatic carbocycles. The molecule has 55 heavy (non-hydrogen) atoms. The minimum atomic E-state index is -5.12. The molecule has 0 aliphatic heterocycles. The topological polar surface area (TPSA) is 113 Å². The van der Waals surface area contributed by atoms with Gasteiger partial charge in [0.05, 0.1) is 38.3 Å². The molecular formula is C41H38F5N3O6. The van der Waals surface area contributed by atoms with Gasteiger partial charge in [-0.25, -0.2) is 18.6 Å². The van der Waals surface area contributed by atoms with Crippen LogP contribution in [0.4, 0.5) is 33.5 Å². The maximum atomic E-state index is 16.6. The summed E-state index contributed by atoms with van der Waals surface area (Å²) in [7, 11) is 3.93. The van der Waals surface area contributed by atoms with Gasteiger partial charge < -0.3 is 29.6 Å². The average molecular weight is 764 g/mol. The van der Waals surface area contributed by atoms with Crippen LogP contribution in [0, 0.1) is 18.6 Å². The van der Waals surface area contributed by atoms with Crippen LogP contribution in [-0.4, -0.2) is 38.3 Å². The van der Waals surface area contributed by atoms with Gasteiger partial charge in [-0.2, -0.15) is 13.2 Å². The molecule has 0 amide bonds. The van der Waals surface area contributed by atoms with E-state index in [2.05, 4.69) is 9.72 Å². The van der Waals surface area contributed by atoms with E-state index in [0.29, 0.717) is 17.1 Å². The molecule has 1 heterocycles. The molecule has 0 spiro atoms. The molecule has 0 saturated heterocycles. The summed E-state index contributed by atoms with van der Waals surface area (Å²) in [6.45, 7) is 1.27. The number of halogens is 5. The summed E-state index contributed by atoms with van der Waals surface area (Å²) in [5.41, 5.74) is 1.54. The quantitative estimate of drug-likeness (QED) is 0.0675. The number of nitrogens with two attached hydrogens (primary N) is 1. The number of anilines is 2. The van der Waals surface area contributed by atoms with Crippen LogP contribution in [0.2, 0.25) is 0 Å². The van der Waals surface area contributed by atoms with E-state index < -0.39 is 76.2 Å².